The van der Waals surface area contributed by atoms with Crippen LogP contribution in [0.5, 0.6) is 0 Å². The average molecular weight is 296 g/mol. The van der Waals surface area contributed by atoms with E-state index in [1.807, 2.05) is 6.92 Å². The van der Waals surface area contributed by atoms with E-state index in [9.17, 15) is 8.42 Å². The van der Waals surface area contributed by atoms with Crippen LogP contribution in [0.2, 0.25) is 0 Å². The smallest absolute Gasteiger partial charge is 0.177 e. The average Bonchev–Trinajstić information content (AvgIpc) is 2.28. The summed E-state index contributed by atoms with van der Waals surface area (Å²) in [6, 6.07) is 6.70. The largest absolute Gasteiger partial charge is 0.376 e. The molecule has 1 N–H and O–H groups in total. The minimum Gasteiger partial charge on any atom is -0.376 e. The number of hydrogen-bond donors (Lipinski definition) is 1. The molecule has 0 aromatic heterocycles. The molecule has 17 heavy (non-hydrogen) atoms. The number of anilines is 1. The molecule has 96 valence electrons. The lowest BCUT2D eigenvalue weighted by molar-refractivity contribution is 0.600. The van der Waals surface area contributed by atoms with Gasteiger partial charge in [-0.2, -0.15) is 0 Å². The van der Waals surface area contributed by atoms with Gasteiger partial charge in [0.25, 0.3) is 0 Å². The predicted octanol–water partition coefficient (Wildman–Crippen LogP) is 2.74. The van der Waals surface area contributed by atoms with E-state index in [0.29, 0.717) is 5.69 Å². The van der Waals surface area contributed by atoms with Crippen LogP contribution in [0.15, 0.2) is 29.2 Å². The molecule has 0 bridgehead atoms. The summed E-state index contributed by atoms with van der Waals surface area (Å²) in [6.07, 6.45) is 1.17. The van der Waals surface area contributed by atoms with Crippen molar-refractivity contribution in [2.24, 2.45) is 0 Å². The van der Waals surface area contributed by atoms with Crippen molar-refractivity contribution in [3.8, 4) is 0 Å². The molecule has 0 spiro atoms. The molecule has 0 aliphatic carbocycles. The molecule has 6 heteroatoms. The number of nitrogens with one attached hydrogen (secondary N) is 1. The number of benzene rings is 1. The Balaban J connectivity index is 3.16. The van der Waals surface area contributed by atoms with Gasteiger partial charge in [0.2, 0.25) is 0 Å². The van der Waals surface area contributed by atoms with Gasteiger partial charge in [-0.15, -0.1) is 23.2 Å². The summed E-state index contributed by atoms with van der Waals surface area (Å²) in [6.45, 7) is 1.84. The first-order valence-electron chi connectivity index (χ1n) is 5.01. The molecule has 1 aromatic carbocycles. The summed E-state index contributed by atoms with van der Waals surface area (Å²) >= 11 is 11.7. The van der Waals surface area contributed by atoms with Crippen molar-refractivity contribution in [2.75, 3.05) is 23.3 Å². The van der Waals surface area contributed by atoms with E-state index in [0.717, 1.165) is 0 Å². The zero-order valence-electron chi connectivity index (χ0n) is 9.70. The number of sulfone groups is 1. The lowest BCUT2D eigenvalue weighted by Gasteiger charge is -2.28. The van der Waals surface area contributed by atoms with Crippen LogP contribution in [-0.2, 0) is 9.84 Å². The highest BCUT2D eigenvalue weighted by Gasteiger charge is 2.24. The molecule has 0 saturated carbocycles. The van der Waals surface area contributed by atoms with Crippen molar-refractivity contribution < 1.29 is 8.42 Å². The highest BCUT2D eigenvalue weighted by Crippen LogP contribution is 2.25. The van der Waals surface area contributed by atoms with Crippen molar-refractivity contribution in [1.29, 1.82) is 0 Å². The Kier molecular flexibility index (Phi) is 4.69. The summed E-state index contributed by atoms with van der Waals surface area (Å²) in [5, 5.41) is 3.09. The van der Waals surface area contributed by atoms with E-state index < -0.39 is 15.4 Å². The third-order valence-corrected chi connectivity index (χ3v) is 4.65. The van der Waals surface area contributed by atoms with Gasteiger partial charge >= 0.3 is 0 Å². The predicted molar refractivity (Wildman–Crippen MR) is 73.0 cm³/mol. The summed E-state index contributed by atoms with van der Waals surface area (Å²) < 4.78 is 23.2. The lowest BCUT2D eigenvalue weighted by atomic mass is 10.1. The molecular weight excluding hydrogens is 281 g/mol. The zero-order chi connectivity index (χ0) is 13.1. The van der Waals surface area contributed by atoms with Crippen LogP contribution in [0.3, 0.4) is 0 Å². The summed E-state index contributed by atoms with van der Waals surface area (Å²) in [5.74, 6) is 0.573. The topological polar surface area (TPSA) is 46.2 Å². The van der Waals surface area contributed by atoms with Crippen LogP contribution in [-0.4, -0.2) is 32.0 Å². The second-order valence-corrected chi connectivity index (χ2v) is 6.74. The molecule has 0 aliphatic rings. The Hall–Kier alpha value is -0.450. The molecule has 3 nitrogen and oxygen atoms in total. The summed E-state index contributed by atoms with van der Waals surface area (Å²) in [5.41, 5.74) is -0.0111. The highest BCUT2D eigenvalue weighted by atomic mass is 35.5. The Labute approximate surface area is 112 Å². The molecular formula is C11H15Cl2NO2S. The molecule has 0 radical (unpaired) electrons. The lowest BCUT2D eigenvalue weighted by Crippen LogP contribution is -2.39. The Bertz CT molecular complexity index is 484. The molecule has 0 amide bonds. The Morgan fingerprint density at radius 3 is 2.24 bits per heavy atom. The second-order valence-electron chi connectivity index (χ2n) is 4.22. The number of para-hydroxylation sites is 1. The van der Waals surface area contributed by atoms with E-state index in [4.69, 9.17) is 23.2 Å². The van der Waals surface area contributed by atoms with Crippen molar-refractivity contribution in [1.82, 2.24) is 0 Å². The van der Waals surface area contributed by atoms with Crippen LogP contribution in [0.1, 0.15) is 6.92 Å². The fourth-order valence-electron chi connectivity index (χ4n) is 1.32. The maximum Gasteiger partial charge on any atom is 0.177 e. The zero-order valence-corrected chi connectivity index (χ0v) is 12.0. The van der Waals surface area contributed by atoms with Crippen molar-refractivity contribution in [3.63, 3.8) is 0 Å². The van der Waals surface area contributed by atoms with Gasteiger partial charge in [-0.25, -0.2) is 8.42 Å². The highest BCUT2D eigenvalue weighted by molar-refractivity contribution is 7.90. The van der Waals surface area contributed by atoms with Crippen LogP contribution >= 0.6 is 23.2 Å². The fraction of sp³-hybridized carbons (Fsp3) is 0.455. The number of alkyl halides is 2. The summed E-state index contributed by atoms with van der Waals surface area (Å²) in [4.78, 5) is 0.251. The SMILES string of the molecule is CC(CCl)(CCl)Nc1ccccc1S(C)(=O)=O. The molecule has 0 atom stereocenters. The monoisotopic (exact) mass is 295 g/mol. The van der Waals surface area contributed by atoms with Crippen molar-refractivity contribution in [3.05, 3.63) is 24.3 Å². The fourth-order valence-corrected chi connectivity index (χ4v) is 2.58. The van der Waals surface area contributed by atoms with Gasteiger partial charge in [0.1, 0.15) is 0 Å². The van der Waals surface area contributed by atoms with Gasteiger partial charge < -0.3 is 5.32 Å². The Morgan fingerprint density at radius 1 is 1.24 bits per heavy atom. The minimum atomic E-state index is -3.27. The molecule has 0 saturated heterocycles. The van der Waals surface area contributed by atoms with Crippen molar-refractivity contribution >= 4 is 38.7 Å². The molecule has 0 fully saturated rings. The van der Waals surface area contributed by atoms with Gasteiger partial charge in [0, 0.05) is 18.0 Å². The number of halogens is 2. The second kappa shape index (κ2) is 5.46. The summed E-state index contributed by atoms with van der Waals surface area (Å²) in [7, 11) is -3.27. The number of rotatable bonds is 5. The minimum absolute atomic E-state index is 0.251. The molecule has 1 rings (SSSR count). The van der Waals surface area contributed by atoms with Gasteiger partial charge in [-0.3, -0.25) is 0 Å². The molecule has 1 aromatic rings. The standard InChI is InChI=1S/C11H15Cl2NO2S/c1-11(7-12,8-13)14-9-5-3-4-6-10(9)17(2,15)16/h3-6,14H,7-8H2,1-2H3. The third kappa shape index (κ3) is 3.76. The van der Waals surface area contributed by atoms with E-state index in [1.54, 1.807) is 24.3 Å². The first-order chi connectivity index (χ1) is 7.82. The maximum atomic E-state index is 11.6. The van der Waals surface area contributed by atoms with Gasteiger partial charge in [-0.05, 0) is 19.1 Å². The van der Waals surface area contributed by atoms with Crippen LogP contribution in [0.4, 0.5) is 5.69 Å². The molecule has 0 heterocycles. The van der Waals surface area contributed by atoms with Crippen LogP contribution in [0.25, 0.3) is 0 Å². The molecule has 0 unspecified atom stereocenters. The Morgan fingerprint density at radius 2 is 1.76 bits per heavy atom. The number of hydrogen-bond acceptors (Lipinski definition) is 3. The van der Waals surface area contributed by atoms with Gasteiger partial charge in [0.15, 0.2) is 9.84 Å². The van der Waals surface area contributed by atoms with E-state index in [2.05, 4.69) is 5.32 Å². The van der Waals surface area contributed by atoms with Gasteiger partial charge in [-0.1, -0.05) is 12.1 Å². The first kappa shape index (κ1) is 14.6. The maximum absolute atomic E-state index is 11.6. The van der Waals surface area contributed by atoms with E-state index in [-0.39, 0.29) is 16.7 Å². The van der Waals surface area contributed by atoms with Gasteiger partial charge in [0.05, 0.1) is 16.1 Å². The molecule has 0 aliphatic heterocycles. The van der Waals surface area contributed by atoms with Crippen LogP contribution in [0, 0.1) is 0 Å². The third-order valence-electron chi connectivity index (χ3n) is 2.31. The quantitative estimate of drug-likeness (QED) is 0.850. The van der Waals surface area contributed by atoms with E-state index >= 15 is 0 Å². The van der Waals surface area contributed by atoms with Crippen molar-refractivity contribution in [2.45, 2.75) is 17.4 Å². The normalized spacial score (nSPS) is 12.5. The first-order valence-corrected chi connectivity index (χ1v) is 7.98. The van der Waals surface area contributed by atoms with Crippen LogP contribution < -0.4 is 5.32 Å². The van der Waals surface area contributed by atoms with E-state index in [1.165, 1.54) is 6.26 Å².